The number of nitrogens with zero attached hydrogens (tertiary/aromatic N) is 2. The average Bonchev–Trinajstić information content (AvgIpc) is 3.05. The first kappa shape index (κ1) is 16.8. The number of benzene rings is 1. The molecule has 26 heavy (non-hydrogen) atoms. The van der Waals surface area contributed by atoms with E-state index in [0.717, 1.165) is 29.2 Å². The van der Waals surface area contributed by atoms with Crippen molar-refractivity contribution < 1.29 is 4.74 Å². The number of hydrogen-bond donors (Lipinski definition) is 0. The van der Waals surface area contributed by atoms with E-state index in [2.05, 4.69) is 36.2 Å². The van der Waals surface area contributed by atoms with Crippen LogP contribution < -0.4 is 10.3 Å². The molecule has 0 atom stereocenters. The maximum Gasteiger partial charge on any atom is 0.258 e. The number of rotatable bonds is 4. The molecule has 0 aliphatic heterocycles. The summed E-state index contributed by atoms with van der Waals surface area (Å²) in [6.45, 7) is 4.45. The quantitative estimate of drug-likeness (QED) is 0.687. The van der Waals surface area contributed by atoms with E-state index in [0.29, 0.717) is 12.4 Å². The van der Waals surface area contributed by atoms with E-state index in [9.17, 15) is 4.79 Å². The van der Waals surface area contributed by atoms with Crippen molar-refractivity contribution in [3.63, 3.8) is 0 Å². The summed E-state index contributed by atoms with van der Waals surface area (Å²) in [5.41, 5.74) is 5.76. The van der Waals surface area contributed by atoms with Gasteiger partial charge in [-0.2, -0.15) is 0 Å². The van der Waals surface area contributed by atoms with E-state index in [4.69, 9.17) is 4.74 Å². The van der Waals surface area contributed by atoms with E-state index in [1.165, 1.54) is 16.7 Å². The molecule has 2 heterocycles. The van der Waals surface area contributed by atoms with E-state index in [1.54, 1.807) is 28.2 Å². The normalized spacial score (nSPS) is 13.2. The molecule has 0 bridgehead atoms. The van der Waals surface area contributed by atoms with Crippen LogP contribution in [0.2, 0.25) is 0 Å². The highest BCUT2D eigenvalue weighted by Crippen LogP contribution is 2.27. The number of allylic oxidation sites excluding steroid dienone is 1. The Kier molecular flexibility index (Phi) is 4.47. The second-order valence-electron chi connectivity index (χ2n) is 6.58. The molecule has 132 valence electrons. The zero-order chi connectivity index (χ0) is 18.1. The Balaban J connectivity index is 1.54. The van der Waals surface area contributed by atoms with Crippen LogP contribution >= 0.6 is 11.3 Å². The Bertz CT molecular complexity index is 1050. The van der Waals surface area contributed by atoms with Crippen molar-refractivity contribution in [1.29, 1.82) is 0 Å². The van der Waals surface area contributed by atoms with Crippen LogP contribution in [0.25, 0.3) is 11.8 Å². The molecule has 0 fully saturated rings. The van der Waals surface area contributed by atoms with E-state index in [-0.39, 0.29) is 5.56 Å². The standard InChI is InChI=1S/C21H20N2O2S/c1-14-3-4-17-10-18(6-5-16(17)9-14)23-8-7-19(11-21(23)24)25-12-20-22-15(2)13-26-20/h3-4,7-11,13H,5-6,12H2,1-2H3. The third-order valence-electron chi connectivity index (χ3n) is 4.50. The molecular formula is C21H20N2O2S. The van der Waals surface area contributed by atoms with Gasteiger partial charge in [-0.15, -0.1) is 11.3 Å². The Morgan fingerprint density at radius 2 is 2.08 bits per heavy atom. The minimum absolute atomic E-state index is 0.0698. The highest BCUT2D eigenvalue weighted by atomic mass is 32.1. The number of hydrogen-bond acceptors (Lipinski definition) is 4. The summed E-state index contributed by atoms with van der Waals surface area (Å²) in [7, 11) is 0. The Morgan fingerprint density at radius 3 is 2.85 bits per heavy atom. The Labute approximate surface area is 156 Å². The summed E-state index contributed by atoms with van der Waals surface area (Å²) in [6.07, 6.45) is 5.72. The maximum absolute atomic E-state index is 12.5. The van der Waals surface area contributed by atoms with Gasteiger partial charge in [-0.1, -0.05) is 23.8 Å². The van der Waals surface area contributed by atoms with Gasteiger partial charge in [0.1, 0.15) is 17.4 Å². The largest absolute Gasteiger partial charge is 0.486 e. The fraction of sp³-hybridized carbons (Fsp3) is 0.238. The third kappa shape index (κ3) is 3.48. The molecule has 1 aromatic carbocycles. The average molecular weight is 364 g/mol. The summed E-state index contributed by atoms with van der Waals surface area (Å²) < 4.78 is 7.42. The summed E-state index contributed by atoms with van der Waals surface area (Å²) >= 11 is 1.56. The fourth-order valence-corrected chi connectivity index (χ4v) is 3.88. The fourth-order valence-electron chi connectivity index (χ4n) is 3.20. The zero-order valence-electron chi connectivity index (χ0n) is 14.9. The van der Waals surface area contributed by atoms with Gasteiger partial charge in [0.25, 0.3) is 5.56 Å². The van der Waals surface area contributed by atoms with Gasteiger partial charge in [0.2, 0.25) is 0 Å². The van der Waals surface area contributed by atoms with Crippen LogP contribution in [-0.2, 0) is 13.0 Å². The summed E-state index contributed by atoms with van der Waals surface area (Å²) in [6, 6.07) is 9.85. The third-order valence-corrected chi connectivity index (χ3v) is 5.44. The van der Waals surface area contributed by atoms with Gasteiger partial charge in [0.15, 0.2) is 0 Å². The first-order valence-electron chi connectivity index (χ1n) is 8.65. The molecule has 0 spiro atoms. The van der Waals surface area contributed by atoms with Crippen molar-refractivity contribution in [3.8, 4) is 5.75 Å². The first-order valence-corrected chi connectivity index (χ1v) is 9.53. The number of thiazole rings is 1. The van der Waals surface area contributed by atoms with Crippen molar-refractivity contribution in [2.24, 2.45) is 0 Å². The van der Waals surface area contributed by atoms with Gasteiger partial charge in [-0.25, -0.2) is 4.98 Å². The molecule has 4 nitrogen and oxygen atoms in total. The molecule has 4 rings (SSSR count). The number of pyridine rings is 1. The molecule has 1 aliphatic carbocycles. The van der Waals surface area contributed by atoms with Crippen molar-refractivity contribution in [2.45, 2.75) is 33.3 Å². The predicted molar refractivity (Wildman–Crippen MR) is 106 cm³/mol. The molecule has 0 unspecified atom stereocenters. The van der Waals surface area contributed by atoms with Crippen LogP contribution in [0, 0.1) is 13.8 Å². The molecule has 0 amide bonds. The zero-order valence-corrected chi connectivity index (χ0v) is 15.7. The van der Waals surface area contributed by atoms with Crippen LogP contribution in [0.4, 0.5) is 0 Å². The van der Waals surface area contributed by atoms with Crippen molar-refractivity contribution >= 4 is 23.1 Å². The molecule has 0 saturated carbocycles. The van der Waals surface area contributed by atoms with Crippen molar-refractivity contribution in [1.82, 2.24) is 9.55 Å². The molecule has 1 aliphatic rings. The van der Waals surface area contributed by atoms with Gasteiger partial charge in [0, 0.05) is 29.0 Å². The maximum atomic E-state index is 12.5. The van der Waals surface area contributed by atoms with Crippen LogP contribution in [0.1, 0.15) is 33.8 Å². The summed E-state index contributed by atoms with van der Waals surface area (Å²) in [5, 5.41) is 2.90. The topological polar surface area (TPSA) is 44.1 Å². The molecule has 3 aromatic rings. The number of aromatic nitrogens is 2. The summed E-state index contributed by atoms with van der Waals surface area (Å²) in [4.78, 5) is 16.9. The van der Waals surface area contributed by atoms with Gasteiger partial charge >= 0.3 is 0 Å². The lowest BCUT2D eigenvalue weighted by molar-refractivity contribution is 0.304. The predicted octanol–water partition coefficient (Wildman–Crippen LogP) is 4.44. The van der Waals surface area contributed by atoms with Crippen LogP contribution in [0.15, 0.2) is 46.7 Å². The van der Waals surface area contributed by atoms with Gasteiger partial charge in [-0.05, 0) is 50.0 Å². The minimum Gasteiger partial charge on any atom is -0.486 e. The SMILES string of the molecule is Cc1ccc2c(c1)CCC(n1ccc(OCc3nc(C)cs3)cc1=O)=C2. The van der Waals surface area contributed by atoms with Crippen LogP contribution in [0.3, 0.4) is 0 Å². The lowest BCUT2D eigenvalue weighted by Crippen LogP contribution is -2.19. The monoisotopic (exact) mass is 364 g/mol. The lowest BCUT2D eigenvalue weighted by atomic mass is 9.94. The van der Waals surface area contributed by atoms with E-state index >= 15 is 0 Å². The van der Waals surface area contributed by atoms with Crippen LogP contribution in [-0.4, -0.2) is 9.55 Å². The van der Waals surface area contributed by atoms with Crippen molar-refractivity contribution in [3.05, 3.63) is 79.7 Å². The van der Waals surface area contributed by atoms with Gasteiger partial charge < -0.3 is 4.74 Å². The van der Waals surface area contributed by atoms with Crippen LogP contribution in [0.5, 0.6) is 5.75 Å². The Hall–Kier alpha value is -2.66. The molecular weight excluding hydrogens is 344 g/mol. The van der Waals surface area contributed by atoms with E-state index in [1.807, 2.05) is 18.4 Å². The number of ether oxygens (including phenoxy) is 1. The first-order chi connectivity index (χ1) is 12.6. The van der Waals surface area contributed by atoms with E-state index < -0.39 is 0 Å². The second kappa shape index (κ2) is 6.92. The van der Waals surface area contributed by atoms with Gasteiger partial charge in [0.05, 0.1) is 0 Å². The summed E-state index contributed by atoms with van der Waals surface area (Å²) in [5.74, 6) is 0.575. The molecule has 0 radical (unpaired) electrons. The number of fused-ring (bicyclic) bond motifs is 1. The molecule has 0 N–H and O–H groups in total. The molecule has 0 saturated heterocycles. The van der Waals surface area contributed by atoms with Gasteiger partial charge in [-0.3, -0.25) is 9.36 Å². The van der Waals surface area contributed by atoms with Crippen molar-refractivity contribution in [2.75, 3.05) is 0 Å². The lowest BCUT2D eigenvalue weighted by Gasteiger charge is -2.18. The Morgan fingerprint density at radius 1 is 1.19 bits per heavy atom. The molecule has 2 aromatic heterocycles. The number of aryl methyl sites for hydroxylation is 3. The molecule has 5 heteroatoms. The second-order valence-corrected chi connectivity index (χ2v) is 7.52. The highest BCUT2D eigenvalue weighted by Gasteiger charge is 2.13. The minimum atomic E-state index is -0.0698. The smallest absolute Gasteiger partial charge is 0.258 e. The highest BCUT2D eigenvalue weighted by molar-refractivity contribution is 7.09.